The molecule has 0 aliphatic carbocycles. The fourth-order valence-corrected chi connectivity index (χ4v) is 2.78. The number of hydrogen-bond donors (Lipinski definition) is 2. The minimum absolute atomic E-state index is 0.00433. The molecule has 0 spiro atoms. The summed E-state index contributed by atoms with van der Waals surface area (Å²) in [4.78, 5) is 10.3. The van der Waals surface area contributed by atoms with E-state index in [1.807, 2.05) is 19.9 Å². The highest BCUT2D eigenvalue weighted by atomic mass is 35.5. The van der Waals surface area contributed by atoms with Crippen molar-refractivity contribution in [2.24, 2.45) is 0 Å². The highest BCUT2D eigenvalue weighted by molar-refractivity contribution is 6.31. The molecule has 1 atom stereocenters. The second-order valence-electron chi connectivity index (χ2n) is 6.20. The molecule has 0 fully saturated rings. The quantitative estimate of drug-likeness (QED) is 0.429. The lowest BCUT2D eigenvalue weighted by atomic mass is 10.1. The first kappa shape index (κ1) is 21.9. The second-order valence-corrected chi connectivity index (χ2v) is 6.61. The van der Waals surface area contributed by atoms with Gasteiger partial charge >= 0.3 is 0 Å². The molecule has 28 heavy (non-hydrogen) atoms. The molecular weight excluding hydrogens is 384 g/mol. The Labute approximate surface area is 169 Å². The van der Waals surface area contributed by atoms with Crippen molar-refractivity contribution < 1.29 is 19.5 Å². The third kappa shape index (κ3) is 6.09. The van der Waals surface area contributed by atoms with E-state index in [4.69, 9.17) is 21.1 Å². The predicted octanol–water partition coefficient (Wildman–Crippen LogP) is 4.09. The van der Waals surface area contributed by atoms with Crippen LogP contribution in [0.5, 0.6) is 11.5 Å². The molecule has 2 aromatic carbocycles. The van der Waals surface area contributed by atoms with Crippen molar-refractivity contribution in [3.63, 3.8) is 0 Å². The zero-order chi connectivity index (χ0) is 20.5. The van der Waals surface area contributed by atoms with E-state index < -0.39 is 4.92 Å². The van der Waals surface area contributed by atoms with E-state index in [2.05, 4.69) is 5.32 Å². The highest BCUT2D eigenvalue weighted by Gasteiger charge is 2.13. The summed E-state index contributed by atoms with van der Waals surface area (Å²) in [5.74, 6) is 1.07. The molecule has 0 saturated heterocycles. The summed E-state index contributed by atoms with van der Waals surface area (Å²) in [6.45, 7) is 5.14. The van der Waals surface area contributed by atoms with Crippen LogP contribution in [0.1, 0.15) is 31.4 Å². The molecule has 0 aliphatic heterocycles. The third-order valence-corrected chi connectivity index (χ3v) is 4.60. The van der Waals surface area contributed by atoms with Crippen LogP contribution in [-0.4, -0.2) is 29.3 Å². The van der Waals surface area contributed by atoms with E-state index in [0.29, 0.717) is 29.7 Å². The molecule has 2 N–H and O–H groups in total. The first-order valence-corrected chi connectivity index (χ1v) is 9.51. The van der Waals surface area contributed by atoms with Gasteiger partial charge in [0, 0.05) is 35.8 Å². The molecule has 1 unspecified atom stereocenters. The van der Waals surface area contributed by atoms with E-state index in [1.54, 1.807) is 18.2 Å². The van der Waals surface area contributed by atoms with E-state index in [0.717, 1.165) is 17.5 Å². The van der Waals surface area contributed by atoms with Crippen LogP contribution in [0.15, 0.2) is 36.4 Å². The Kier molecular flexibility index (Phi) is 8.50. The van der Waals surface area contributed by atoms with Crippen LogP contribution in [-0.2, 0) is 13.2 Å². The number of halogens is 1. The summed E-state index contributed by atoms with van der Waals surface area (Å²) < 4.78 is 11.5. The van der Waals surface area contributed by atoms with Gasteiger partial charge in [0.1, 0.15) is 6.61 Å². The van der Waals surface area contributed by atoms with Gasteiger partial charge < -0.3 is 19.9 Å². The summed E-state index contributed by atoms with van der Waals surface area (Å²) in [7, 11) is 0. The van der Waals surface area contributed by atoms with Gasteiger partial charge in [-0.05, 0) is 42.7 Å². The first-order chi connectivity index (χ1) is 13.5. The Bertz CT molecular complexity index is 779. The van der Waals surface area contributed by atoms with Crippen LogP contribution in [0.25, 0.3) is 0 Å². The van der Waals surface area contributed by atoms with Crippen LogP contribution in [0, 0.1) is 10.1 Å². The van der Waals surface area contributed by atoms with Crippen LogP contribution in [0.2, 0.25) is 5.02 Å². The number of non-ortho nitro benzene ring substituents is 1. The lowest BCUT2D eigenvalue weighted by molar-refractivity contribution is -0.384. The largest absolute Gasteiger partial charge is 0.490 e. The summed E-state index contributed by atoms with van der Waals surface area (Å²) in [5.41, 5.74) is 1.68. The number of aliphatic hydroxyl groups is 1. The van der Waals surface area contributed by atoms with Crippen molar-refractivity contribution in [2.45, 2.75) is 39.5 Å². The van der Waals surface area contributed by atoms with Crippen LogP contribution >= 0.6 is 11.6 Å². The van der Waals surface area contributed by atoms with Gasteiger partial charge in [-0.3, -0.25) is 10.1 Å². The predicted molar refractivity (Wildman–Crippen MR) is 108 cm³/mol. The molecule has 7 nitrogen and oxygen atoms in total. The highest BCUT2D eigenvalue weighted by Crippen LogP contribution is 2.34. The fraction of sp³-hybridized carbons (Fsp3) is 0.400. The lowest BCUT2D eigenvalue weighted by Crippen LogP contribution is -2.31. The van der Waals surface area contributed by atoms with Gasteiger partial charge in [0.2, 0.25) is 0 Å². The van der Waals surface area contributed by atoms with E-state index in [-0.39, 0.29) is 24.9 Å². The van der Waals surface area contributed by atoms with Gasteiger partial charge in [0.05, 0.1) is 18.1 Å². The summed E-state index contributed by atoms with van der Waals surface area (Å²) in [5, 5.41) is 23.8. The molecule has 0 saturated carbocycles. The molecule has 0 heterocycles. The zero-order valence-corrected chi connectivity index (χ0v) is 16.7. The topological polar surface area (TPSA) is 93.9 Å². The maximum absolute atomic E-state index is 10.7. The van der Waals surface area contributed by atoms with Gasteiger partial charge in [0.25, 0.3) is 5.69 Å². The molecule has 0 aliphatic rings. The van der Waals surface area contributed by atoms with E-state index >= 15 is 0 Å². The van der Waals surface area contributed by atoms with Gasteiger partial charge in [-0.2, -0.15) is 0 Å². The number of nitro benzene ring substituents is 1. The van der Waals surface area contributed by atoms with Crippen molar-refractivity contribution in [1.82, 2.24) is 5.32 Å². The molecule has 0 bridgehead atoms. The molecule has 0 amide bonds. The van der Waals surface area contributed by atoms with Crippen molar-refractivity contribution in [2.75, 3.05) is 13.2 Å². The molecule has 152 valence electrons. The minimum Gasteiger partial charge on any atom is -0.490 e. The number of ether oxygens (including phenoxy) is 2. The van der Waals surface area contributed by atoms with Crippen molar-refractivity contribution >= 4 is 17.3 Å². The van der Waals surface area contributed by atoms with Crippen LogP contribution < -0.4 is 14.8 Å². The average Bonchev–Trinajstić information content (AvgIpc) is 2.70. The molecule has 8 heteroatoms. The number of nitrogens with one attached hydrogen (secondary N) is 1. The van der Waals surface area contributed by atoms with Crippen LogP contribution in [0.4, 0.5) is 5.69 Å². The number of hydrogen-bond acceptors (Lipinski definition) is 6. The maximum atomic E-state index is 10.7. The number of benzene rings is 2. The zero-order valence-electron chi connectivity index (χ0n) is 16.0. The number of aliphatic hydroxyl groups excluding tert-OH is 1. The van der Waals surface area contributed by atoms with Gasteiger partial charge in [-0.15, -0.1) is 0 Å². The van der Waals surface area contributed by atoms with Crippen molar-refractivity contribution in [3.05, 3.63) is 62.7 Å². The lowest BCUT2D eigenvalue weighted by Gasteiger charge is -2.17. The van der Waals surface area contributed by atoms with E-state index in [9.17, 15) is 15.2 Å². The Hall–Kier alpha value is -2.35. The Morgan fingerprint density at radius 2 is 1.86 bits per heavy atom. The summed E-state index contributed by atoms with van der Waals surface area (Å²) in [6, 6.07) is 9.72. The Morgan fingerprint density at radius 1 is 1.18 bits per heavy atom. The normalized spacial score (nSPS) is 11.9. The molecule has 2 aromatic rings. The number of nitro groups is 1. The number of rotatable bonds is 11. The monoisotopic (exact) mass is 408 g/mol. The van der Waals surface area contributed by atoms with Gasteiger partial charge in [-0.25, -0.2) is 0 Å². The van der Waals surface area contributed by atoms with E-state index in [1.165, 1.54) is 12.1 Å². The molecule has 0 radical (unpaired) electrons. The molecular formula is C20H25ClN2O5. The number of nitrogens with zero attached hydrogens (tertiary/aromatic N) is 1. The summed E-state index contributed by atoms with van der Waals surface area (Å²) >= 11 is 6.40. The molecule has 0 aromatic heterocycles. The van der Waals surface area contributed by atoms with Gasteiger partial charge in [0.15, 0.2) is 11.5 Å². The minimum atomic E-state index is -0.440. The molecule has 2 rings (SSSR count). The van der Waals surface area contributed by atoms with Crippen molar-refractivity contribution in [1.29, 1.82) is 0 Å². The first-order valence-electron chi connectivity index (χ1n) is 9.14. The van der Waals surface area contributed by atoms with Crippen molar-refractivity contribution in [3.8, 4) is 11.5 Å². The van der Waals surface area contributed by atoms with Crippen LogP contribution in [0.3, 0.4) is 0 Å². The maximum Gasteiger partial charge on any atom is 0.269 e. The smallest absolute Gasteiger partial charge is 0.269 e. The fourth-order valence-electron chi connectivity index (χ4n) is 2.56. The summed E-state index contributed by atoms with van der Waals surface area (Å²) in [6.07, 6.45) is 0.808. The average molecular weight is 409 g/mol. The second kappa shape index (κ2) is 10.8. The SMILES string of the molecule is CCOc1cc(CNC(CC)CO)c(Cl)cc1OCc1ccc([N+](=O)[O-])cc1. The standard InChI is InChI=1S/C20H25ClN2O5/c1-3-16(12-24)22-11-15-9-19(27-4-2)20(10-18(15)21)28-13-14-5-7-17(8-6-14)23(25)26/h5-10,16,22,24H,3-4,11-13H2,1-2H3. The van der Waals surface area contributed by atoms with Gasteiger partial charge in [-0.1, -0.05) is 18.5 Å². The Balaban J connectivity index is 2.12. The Morgan fingerprint density at radius 3 is 2.43 bits per heavy atom. The third-order valence-electron chi connectivity index (χ3n) is 4.25.